The molecular formula is C11H15FN2O3S3. The molecule has 0 fully saturated rings. The van der Waals surface area contributed by atoms with Gasteiger partial charge in [0.05, 0.1) is 4.90 Å². The van der Waals surface area contributed by atoms with Gasteiger partial charge < -0.3 is 5.73 Å². The number of halogens is 1. The molecule has 1 aromatic carbocycles. The smallest absolute Gasteiger partial charge is 0.240 e. The number of nitrogens with two attached hydrogens (primary N) is 1. The first-order valence-electron chi connectivity index (χ1n) is 5.55. The Bertz CT molecular complexity index is 646. The fraction of sp³-hybridized carbons (Fsp3) is 0.364. The number of nitrogens with one attached hydrogen (secondary N) is 1. The Morgan fingerprint density at radius 2 is 2.15 bits per heavy atom. The second kappa shape index (κ2) is 6.70. The highest BCUT2D eigenvalue weighted by Crippen LogP contribution is 2.15. The van der Waals surface area contributed by atoms with Crippen LogP contribution in [0, 0.1) is 5.82 Å². The Kier molecular flexibility index (Phi) is 5.75. The lowest BCUT2D eigenvalue weighted by Crippen LogP contribution is -2.36. The lowest BCUT2D eigenvalue weighted by atomic mass is 10.2. The summed E-state index contributed by atoms with van der Waals surface area (Å²) < 4.78 is 51.0. The highest BCUT2D eigenvalue weighted by Gasteiger charge is 2.20. The third kappa shape index (κ3) is 4.58. The molecule has 0 amide bonds. The number of benzene rings is 1. The van der Waals surface area contributed by atoms with Gasteiger partial charge >= 0.3 is 0 Å². The van der Waals surface area contributed by atoms with Gasteiger partial charge in [-0.25, -0.2) is 17.5 Å². The molecule has 0 aliphatic rings. The van der Waals surface area contributed by atoms with Crippen molar-refractivity contribution in [2.24, 2.45) is 5.73 Å². The molecule has 0 saturated heterocycles. The largest absolute Gasteiger partial charge is 0.389 e. The number of hydrogen-bond donors (Lipinski definition) is 2. The van der Waals surface area contributed by atoms with E-state index in [1.807, 2.05) is 0 Å². The third-order valence-electron chi connectivity index (χ3n) is 2.35. The minimum atomic E-state index is -3.84. The molecule has 0 bridgehead atoms. The van der Waals surface area contributed by atoms with Gasteiger partial charge in [-0.1, -0.05) is 12.2 Å². The number of thiocarbonyl (C=S) groups is 1. The van der Waals surface area contributed by atoms with Crippen LogP contribution in [0.1, 0.15) is 12.5 Å². The average Bonchev–Trinajstić information content (AvgIpc) is 2.26. The van der Waals surface area contributed by atoms with Crippen molar-refractivity contribution in [3.8, 4) is 0 Å². The molecule has 9 heteroatoms. The van der Waals surface area contributed by atoms with Gasteiger partial charge in [-0.3, -0.25) is 4.21 Å². The first kappa shape index (κ1) is 17.2. The van der Waals surface area contributed by atoms with Gasteiger partial charge in [-0.2, -0.15) is 0 Å². The molecule has 0 aliphatic heterocycles. The summed E-state index contributed by atoms with van der Waals surface area (Å²) in [6, 6.07) is 2.68. The van der Waals surface area contributed by atoms with Gasteiger partial charge in [0, 0.05) is 34.4 Å². The monoisotopic (exact) mass is 338 g/mol. The minimum Gasteiger partial charge on any atom is -0.389 e. The van der Waals surface area contributed by atoms with Crippen molar-refractivity contribution < 1.29 is 17.0 Å². The van der Waals surface area contributed by atoms with E-state index in [9.17, 15) is 17.0 Å². The molecule has 5 nitrogen and oxygen atoms in total. The quantitative estimate of drug-likeness (QED) is 0.738. The van der Waals surface area contributed by atoms with E-state index in [0.717, 1.165) is 18.2 Å². The molecule has 2 atom stereocenters. The van der Waals surface area contributed by atoms with Gasteiger partial charge in [0.25, 0.3) is 0 Å². The first-order chi connectivity index (χ1) is 9.13. The Balaban J connectivity index is 3.07. The van der Waals surface area contributed by atoms with E-state index in [4.69, 9.17) is 5.73 Å². The highest BCUT2D eigenvalue weighted by molar-refractivity contribution is 7.89. The summed E-state index contributed by atoms with van der Waals surface area (Å²) >= 11 is 4.66. The first-order valence-corrected chi connectivity index (χ1v) is 9.17. The van der Waals surface area contributed by atoms with Crippen molar-refractivity contribution in [3.05, 3.63) is 29.6 Å². The predicted molar refractivity (Wildman–Crippen MR) is 81.0 cm³/mol. The van der Waals surface area contributed by atoms with Crippen LogP contribution >= 0.6 is 12.2 Å². The van der Waals surface area contributed by atoms with Crippen LogP contribution in [0.15, 0.2) is 23.1 Å². The fourth-order valence-corrected chi connectivity index (χ4v) is 3.90. The van der Waals surface area contributed by atoms with Crippen molar-refractivity contribution in [1.29, 1.82) is 0 Å². The van der Waals surface area contributed by atoms with Crippen molar-refractivity contribution >= 4 is 38.0 Å². The Morgan fingerprint density at radius 1 is 1.55 bits per heavy atom. The summed E-state index contributed by atoms with van der Waals surface area (Å²) in [5, 5.41) is 0. The molecule has 0 heterocycles. The van der Waals surface area contributed by atoms with Crippen molar-refractivity contribution in [3.63, 3.8) is 0 Å². The van der Waals surface area contributed by atoms with E-state index in [1.165, 1.54) is 6.26 Å². The molecule has 0 saturated carbocycles. The molecule has 112 valence electrons. The maximum atomic E-state index is 13.4. The van der Waals surface area contributed by atoms with Crippen LogP contribution in [-0.4, -0.2) is 35.7 Å². The van der Waals surface area contributed by atoms with E-state index < -0.39 is 32.7 Å². The van der Waals surface area contributed by atoms with E-state index in [-0.39, 0.29) is 21.2 Å². The molecule has 2 unspecified atom stereocenters. The summed E-state index contributed by atoms with van der Waals surface area (Å²) in [4.78, 5) is -0.363. The second-order valence-corrected chi connectivity index (χ2v) is 7.90. The van der Waals surface area contributed by atoms with Gasteiger partial charge in [0.15, 0.2) is 0 Å². The van der Waals surface area contributed by atoms with Crippen molar-refractivity contribution in [1.82, 2.24) is 4.72 Å². The molecule has 0 aromatic heterocycles. The molecule has 0 aliphatic carbocycles. The molecule has 3 N–H and O–H groups in total. The number of hydrogen-bond acceptors (Lipinski definition) is 4. The van der Waals surface area contributed by atoms with Gasteiger partial charge in [0.2, 0.25) is 10.0 Å². The summed E-state index contributed by atoms with van der Waals surface area (Å²) in [7, 11) is -4.97. The number of sulfonamides is 1. The molecule has 0 spiro atoms. The molecule has 20 heavy (non-hydrogen) atoms. The second-order valence-electron chi connectivity index (χ2n) is 4.27. The van der Waals surface area contributed by atoms with Gasteiger partial charge in [-0.05, 0) is 25.1 Å². The van der Waals surface area contributed by atoms with E-state index in [1.54, 1.807) is 6.92 Å². The van der Waals surface area contributed by atoms with E-state index in [0.29, 0.717) is 0 Å². The highest BCUT2D eigenvalue weighted by atomic mass is 32.2. The average molecular weight is 338 g/mol. The van der Waals surface area contributed by atoms with Crippen LogP contribution in [-0.2, 0) is 20.8 Å². The summed E-state index contributed by atoms with van der Waals surface area (Å²) in [6.07, 6.45) is 1.48. The van der Waals surface area contributed by atoms with Crippen LogP contribution in [0.25, 0.3) is 0 Å². The summed E-state index contributed by atoms with van der Waals surface area (Å²) in [5.74, 6) is -0.498. The van der Waals surface area contributed by atoms with E-state index >= 15 is 0 Å². The summed E-state index contributed by atoms with van der Waals surface area (Å²) in [5.41, 5.74) is 5.20. The lowest BCUT2D eigenvalue weighted by Gasteiger charge is -2.13. The zero-order valence-corrected chi connectivity index (χ0v) is 13.4. The minimum absolute atomic E-state index is 0.130. The molecular weight excluding hydrogens is 323 g/mol. The van der Waals surface area contributed by atoms with Gasteiger partial charge in [0.1, 0.15) is 10.8 Å². The zero-order valence-electron chi connectivity index (χ0n) is 10.9. The Labute approximate surface area is 125 Å². The predicted octanol–water partition coefficient (Wildman–Crippen LogP) is 0.505. The zero-order chi connectivity index (χ0) is 15.5. The van der Waals surface area contributed by atoms with Crippen LogP contribution in [0.2, 0.25) is 0 Å². The van der Waals surface area contributed by atoms with E-state index in [2.05, 4.69) is 16.9 Å². The normalized spacial score (nSPS) is 14.8. The van der Waals surface area contributed by atoms with Crippen LogP contribution in [0.3, 0.4) is 0 Å². The Morgan fingerprint density at radius 3 is 2.65 bits per heavy atom. The van der Waals surface area contributed by atoms with Gasteiger partial charge in [-0.15, -0.1) is 0 Å². The van der Waals surface area contributed by atoms with Crippen LogP contribution in [0.5, 0.6) is 0 Å². The number of rotatable bonds is 6. The standard InChI is InChI=1S/C11H15FN2O3S3/c1-7(6-19(2)15)14-20(16,17)8-3-4-10(12)9(5-8)11(13)18/h3-5,7,14H,6H2,1-2H3,(H2,13,18). The molecule has 1 aromatic rings. The van der Waals surface area contributed by atoms with Crippen molar-refractivity contribution in [2.45, 2.75) is 17.9 Å². The molecule has 0 radical (unpaired) electrons. The van der Waals surface area contributed by atoms with Crippen molar-refractivity contribution in [2.75, 3.05) is 12.0 Å². The lowest BCUT2D eigenvalue weighted by molar-refractivity contribution is 0.569. The fourth-order valence-electron chi connectivity index (χ4n) is 1.58. The SMILES string of the molecule is CC(CS(C)=O)NS(=O)(=O)c1ccc(F)c(C(N)=S)c1. The summed E-state index contributed by atoms with van der Waals surface area (Å²) in [6.45, 7) is 1.59. The maximum Gasteiger partial charge on any atom is 0.240 e. The van der Waals surface area contributed by atoms with Crippen LogP contribution < -0.4 is 10.5 Å². The Hall–Kier alpha value is -0.900. The topological polar surface area (TPSA) is 89.3 Å². The third-order valence-corrected chi connectivity index (χ3v) is 5.13. The maximum absolute atomic E-state index is 13.4. The molecule has 1 rings (SSSR count). The van der Waals surface area contributed by atoms with Crippen LogP contribution in [0.4, 0.5) is 4.39 Å².